The molecule has 0 fully saturated rings. The third-order valence-corrected chi connectivity index (χ3v) is 6.36. The van der Waals surface area contributed by atoms with E-state index >= 15 is 0 Å². The van der Waals surface area contributed by atoms with Crippen LogP contribution in [0.4, 0.5) is 5.69 Å². The predicted octanol–water partition coefficient (Wildman–Crippen LogP) is 2.98. The number of likely N-dealkylation sites (N-methyl/N-ethyl adjacent to an activating group) is 1. The van der Waals surface area contributed by atoms with Crippen LogP contribution in [-0.2, 0) is 15.0 Å². The monoisotopic (exact) mass is 422 g/mol. The summed E-state index contributed by atoms with van der Waals surface area (Å²) in [5.74, 6) is -0.451. The molecule has 0 saturated heterocycles. The molecule has 6 nitrogen and oxygen atoms in total. The molecule has 0 aliphatic carbocycles. The molecule has 0 bridgehead atoms. The molecule has 1 radical (unpaired) electrons. The number of nitrogens with zero attached hydrogens (tertiary/aromatic N) is 2. The van der Waals surface area contributed by atoms with Crippen molar-refractivity contribution in [2.75, 3.05) is 32.1 Å². The fourth-order valence-electron chi connectivity index (χ4n) is 5.11. The Morgan fingerprint density at radius 3 is 2.35 bits per heavy atom. The van der Waals surface area contributed by atoms with Crippen LogP contribution < -0.4 is 15.4 Å². The van der Waals surface area contributed by atoms with Crippen LogP contribution in [0.3, 0.4) is 0 Å². The van der Waals surface area contributed by atoms with Crippen LogP contribution in [0.25, 0.3) is 0 Å². The molecule has 0 aromatic heterocycles. The molecule has 6 heteroatoms. The lowest BCUT2D eigenvalue weighted by Crippen LogP contribution is -2.65. The summed E-state index contributed by atoms with van der Waals surface area (Å²) in [6.07, 6.45) is 0. The Bertz CT molecular complexity index is 968. The topological polar surface area (TPSA) is 75.9 Å². The highest BCUT2D eigenvalue weighted by atomic mass is 16.5. The standard InChI is InChI=1S/C25H32N3O3/c1-17(29)28-21-10-8-7-9-20(21)25(4,22(23(26)30)24(28,2)3)18-11-13-19(14-12-18)31-16-15-27(5)6/h8-14,22H,15-16H2,1-6H3,(H2,26,30). The quantitative estimate of drug-likeness (QED) is 0.777. The largest absolute Gasteiger partial charge is 0.492 e. The van der Waals surface area contributed by atoms with Crippen LogP contribution in [0.1, 0.15) is 38.8 Å². The minimum atomic E-state index is -0.818. The highest BCUT2D eigenvalue weighted by molar-refractivity contribution is 5.98. The van der Waals surface area contributed by atoms with Crippen LogP contribution >= 0.6 is 0 Å². The number of nitrogens with two attached hydrogens (primary N) is 1. The second-order valence-electron chi connectivity index (χ2n) is 9.17. The molecule has 0 spiro atoms. The Labute approximate surface area is 185 Å². The van der Waals surface area contributed by atoms with Crippen LogP contribution in [0, 0.1) is 12.0 Å². The summed E-state index contributed by atoms with van der Waals surface area (Å²) in [6, 6.07) is 16.5. The molecule has 2 aromatic carbocycles. The van der Waals surface area contributed by atoms with Crippen molar-refractivity contribution in [3.05, 3.63) is 59.7 Å². The van der Waals surface area contributed by atoms with E-state index in [0.717, 1.165) is 29.1 Å². The Morgan fingerprint density at radius 2 is 1.81 bits per heavy atom. The minimum absolute atomic E-state index is 0.129. The van der Waals surface area contributed by atoms with E-state index in [9.17, 15) is 9.59 Å². The first-order valence-corrected chi connectivity index (χ1v) is 10.5. The molecule has 2 unspecified atom stereocenters. The molecule has 31 heavy (non-hydrogen) atoms. The predicted molar refractivity (Wildman–Crippen MR) is 122 cm³/mol. The van der Waals surface area contributed by atoms with E-state index in [2.05, 4.69) is 11.0 Å². The first-order chi connectivity index (χ1) is 14.5. The van der Waals surface area contributed by atoms with Gasteiger partial charge in [-0.25, -0.2) is 0 Å². The van der Waals surface area contributed by atoms with Gasteiger partial charge in [-0.05, 0) is 69.4 Å². The Morgan fingerprint density at radius 1 is 1.16 bits per heavy atom. The fraction of sp³-hybridized carbons (Fsp3) is 0.440. The van der Waals surface area contributed by atoms with E-state index in [4.69, 9.17) is 10.5 Å². The highest BCUT2D eigenvalue weighted by Gasteiger charge is 2.57. The van der Waals surface area contributed by atoms with Crippen LogP contribution in [0.15, 0.2) is 42.5 Å². The van der Waals surface area contributed by atoms with Gasteiger partial charge in [-0.15, -0.1) is 0 Å². The number of fused-ring (bicyclic) bond motifs is 1. The smallest absolute Gasteiger partial charge is 0.224 e. The minimum Gasteiger partial charge on any atom is -0.492 e. The second kappa shape index (κ2) is 8.35. The van der Waals surface area contributed by atoms with E-state index in [1.165, 1.54) is 6.92 Å². The van der Waals surface area contributed by atoms with Crippen molar-refractivity contribution < 1.29 is 14.3 Å². The van der Waals surface area contributed by atoms with Crippen molar-refractivity contribution in [1.82, 2.24) is 4.90 Å². The van der Waals surface area contributed by atoms with Crippen molar-refractivity contribution in [3.8, 4) is 5.75 Å². The van der Waals surface area contributed by atoms with Crippen molar-refractivity contribution in [3.63, 3.8) is 0 Å². The Hall–Kier alpha value is -2.86. The molecule has 3 rings (SSSR count). The fourth-order valence-corrected chi connectivity index (χ4v) is 5.11. The van der Waals surface area contributed by atoms with Gasteiger partial charge in [-0.2, -0.15) is 0 Å². The van der Waals surface area contributed by atoms with Gasteiger partial charge in [0.1, 0.15) is 12.4 Å². The zero-order valence-corrected chi connectivity index (χ0v) is 19.2. The normalized spacial score (nSPS) is 22.2. The average Bonchev–Trinajstić information content (AvgIpc) is 2.67. The maximum Gasteiger partial charge on any atom is 0.224 e. The molecular formula is C25H32N3O3. The van der Waals surface area contributed by atoms with Crippen LogP contribution in [-0.4, -0.2) is 49.5 Å². The third-order valence-electron chi connectivity index (χ3n) is 6.36. The van der Waals surface area contributed by atoms with Gasteiger partial charge < -0.3 is 20.3 Å². The second-order valence-corrected chi connectivity index (χ2v) is 9.17. The van der Waals surface area contributed by atoms with Gasteiger partial charge in [-0.1, -0.05) is 25.1 Å². The molecule has 2 aromatic rings. The van der Waals surface area contributed by atoms with Gasteiger partial charge >= 0.3 is 0 Å². The lowest BCUT2D eigenvalue weighted by Gasteiger charge is -2.55. The highest BCUT2D eigenvalue weighted by Crippen LogP contribution is 2.54. The lowest BCUT2D eigenvalue weighted by atomic mass is 9.57. The molecule has 0 saturated carbocycles. The number of carbonyl (C=O) groups excluding carboxylic acids is 2. The van der Waals surface area contributed by atoms with Gasteiger partial charge in [0, 0.05) is 24.6 Å². The molecule has 1 aliphatic heterocycles. The summed E-state index contributed by atoms with van der Waals surface area (Å²) in [6.45, 7) is 8.76. The number of amides is 2. The van der Waals surface area contributed by atoms with Gasteiger partial charge in [0.15, 0.2) is 0 Å². The molecule has 2 N–H and O–H groups in total. The van der Waals surface area contributed by atoms with Crippen molar-refractivity contribution in [2.45, 2.75) is 38.6 Å². The molecular weight excluding hydrogens is 390 g/mol. The number of hydrogen-bond acceptors (Lipinski definition) is 4. The number of ether oxygens (including phenoxy) is 1. The van der Waals surface area contributed by atoms with Gasteiger partial charge in [0.2, 0.25) is 11.8 Å². The molecule has 2 atom stereocenters. The summed E-state index contributed by atoms with van der Waals surface area (Å²) in [5.41, 5.74) is 7.00. The van der Waals surface area contributed by atoms with Gasteiger partial charge in [0.25, 0.3) is 0 Å². The van der Waals surface area contributed by atoms with Crippen LogP contribution in [0.2, 0.25) is 0 Å². The van der Waals surface area contributed by atoms with Crippen molar-refractivity contribution >= 4 is 17.5 Å². The summed E-state index contributed by atoms with van der Waals surface area (Å²) >= 11 is 0. The SMILES string of the molecule is CC(=O)N1c2cc[c]cc2C(C)(c2ccc(OCCN(C)C)cc2)C(C(N)=O)C1(C)C. The Kier molecular flexibility index (Phi) is 6.14. The Balaban J connectivity index is 2.13. The first kappa shape index (κ1) is 22.8. The van der Waals surface area contributed by atoms with E-state index in [0.29, 0.717) is 6.61 Å². The summed E-state index contributed by atoms with van der Waals surface area (Å²) in [4.78, 5) is 29.2. The molecule has 1 heterocycles. The van der Waals surface area contributed by atoms with E-state index < -0.39 is 22.8 Å². The number of benzene rings is 2. The maximum absolute atomic E-state index is 12.9. The zero-order chi connectivity index (χ0) is 23.0. The molecule has 165 valence electrons. The van der Waals surface area contributed by atoms with E-state index in [1.54, 1.807) is 11.0 Å². The average molecular weight is 423 g/mol. The number of carbonyl (C=O) groups is 2. The van der Waals surface area contributed by atoms with Crippen molar-refractivity contribution in [2.24, 2.45) is 11.7 Å². The number of primary amides is 1. The zero-order valence-electron chi connectivity index (χ0n) is 19.2. The van der Waals surface area contributed by atoms with E-state index in [-0.39, 0.29) is 5.91 Å². The number of rotatable bonds is 6. The summed E-state index contributed by atoms with van der Waals surface area (Å²) < 4.78 is 5.83. The van der Waals surface area contributed by atoms with E-state index in [1.807, 2.05) is 71.3 Å². The van der Waals surface area contributed by atoms with Crippen LogP contribution in [0.5, 0.6) is 5.75 Å². The molecule has 2 amide bonds. The molecule has 1 aliphatic rings. The van der Waals surface area contributed by atoms with Crippen molar-refractivity contribution in [1.29, 1.82) is 0 Å². The lowest BCUT2D eigenvalue weighted by molar-refractivity contribution is -0.127. The summed E-state index contributed by atoms with van der Waals surface area (Å²) in [5, 5.41) is 0. The van der Waals surface area contributed by atoms with Gasteiger partial charge in [-0.3, -0.25) is 9.59 Å². The maximum atomic E-state index is 12.9. The first-order valence-electron chi connectivity index (χ1n) is 10.5. The summed E-state index contributed by atoms with van der Waals surface area (Å²) in [7, 11) is 4.00. The van der Waals surface area contributed by atoms with Gasteiger partial charge in [0.05, 0.1) is 11.5 Å². The third kappa shape index (κ3) is 3.92. The number of hydrogen-bond donors (Lipinski definition) is 1. The number of anilines is 1.